The number of nitrogens with zero attached hydrogens (tertiary/aromatic N) is 2. The molecule has 1 saturated heterocycles. The minimum atomic E-state index is 1.02. The van der Waals surface area contributed by atoms with Gasteiger partial charge in [-0.05, 0) is 26.0 Å². The smallest absolute Gasteiger partial charge is 0.0749 e. The van der Waals surface area contributed by atoms with Gasteiger partial charge in [-0.1, -0.05) is 29.9 Å². The van der Waals surface area contributed by atoms with E-state index >= 15 is 0 Å². The van der Waals surface area contributed by atoms with E-state index in [2.05, 4.69) is 41.0 Å². The third-order valence-electron chi connectivity index (χ3n) is 3.12. The van der Waals surface area contributed by atoms with E-state index in [0.29, 0.717) is 0 Å². The number of piperazine rings is 1. The minimum Gasteiger partial charge on any atom is -0.368 e. The minimum absolute atomic E-state index is 1.02. The number of aryl methyl sites for hydroxylation is 1. The third-order valence-corrected chi connectivity index (χ3v) is 3.38. The highest BCUT2D eigenvalue weighted by Crippen LogP contribution is 2.17. The Balaban J connectivity index is 1.99. The molecule has 0 unspecified atom stereocenters. The van der Waals surface area contributed by atoms with E-state index < -0.39 is 0 Å². The first kappa shape index (κ1) is 11.4. The second-order valence-electron chi connectivity index (χ2n) is 4.33. The van der Waals surface area contributed by atoms with Crippen LogP contribution in [-0.4, -0.2) is 36.1 Å². The molecule has 1 heterocycles. The van der Waals surface area contributed by atoms with Crippen molar-refractivity contribution in [2.24, 2.45) is 0 Å². The van der Waals surface area contributed by atoms with Crippen molar-refractivity contribution in [3.05, 3.63) is 29.8 Å². The number of hydrogen-bond acceptors (Lipinski definition) is 2. The van der Waals surface area contributed by atoms with E-state index in [1.54, 1.807) is 0 Å². The molecule has 0 atom stereocenters. The second kappa shape index (κ2) is 4.83. The Bertz CT molecular complexity index is 364. The lowest BCUT2D eigenvalue weighted by atomic mass is 10.2. The van der Waals surface area contributed by atoms with Crippen LogP contribution < -0.4 is 4.90 Å². The van der Waals surface area contributed by atoms with Crippen molar-refractivity contribution in [2.45, 2.75) is 13.8 Å². The lowest BCUT2D eigenvalue weighted by molar-refractivity contribution is 0.390. The molecular formula is C13H18N2S. The van der Waals surface area contributed by atoms with Crippen molar-refractivity contribution >= 4 is 22.9 Å². The largest absolute Gasteiger partial charge is 0.368 e. The quantitative estimate of drug-likeness (QED) is 0.689. The molecule has 2 rings (SSSR count). The molecule has 16 heavy (non-hydrogen) atoms. The molecule has 0 saturated carbocycles. The summed E-state index contributed by atoms with van der Waals surface area (Å²) in [6, 6.07) is 8.75. The van der Waals surface area contributed by atoms with Crippen molar-refractivity contribution in [3.63, 3.8) is 0 Å². The molecule has 0 N–H and O–H groups in total. The predicted molar refractivity (Wildman–Crippen MR) is 73.2 cm³/mol. The summed E-state index contributed by atoms with van der Waals surface area (Å²) in [6.45, 7) is 8.36. The van der Waals surface area contributed by atoms with E-state index in [-0.39, 0.29) is 0 Å². The molecule has 1 fully saturated rings. The van der Waals surface area contributed by atoms with Gasteiger partial charge in [-0.2, -0.15) is 0 Å². The zero-order valence-electron chi connectivity index (χ0n) is 9.94. The summed E-state index contributed by atoms with van der Waals surface area (Å²) < 4.78 is 0. The Morgan fingerprint density at radius 3 is 2.12 bits per heavy atom. The van der Waals surface area contributed by atoms with Crippen LogP contribution in [0.5, 0.6) is 0 Å². The van der Waals surface area contributed by atoms with E-state index in [0.717, 1.165) is 31.2 Å². The van der Waals surface area contributed by atoms with Crippen LogP contribution in [0.15, 0.2) is 24.3 Å². The first-order valence-corrected chi connectivity index (χ1v) is 6.15. The molecule has 0 aromatic heterocycles. The molecule has 86 valence electrons. The molecule has 3 heteroatoms. The zero-order valence-corrected chi connectivity index (χ0v) is 10.8. The highest BCUT2D eigenvalue weighted by molar-refractivity contribution is 7.80. The van der Waals surface area contributed by atoms with Crippen molar-refractivity contribution in [1.29, 1.82) is 0 Å². The van der Waals surface area contributed by atoms with Crippen LogP contribution in [0.3, 0.4) is 0 Å². The fraction of sp³-hybridized carbons (Fsp3) is 0.462. The number of thiocarbonyl (C=S) groups is 1. The summed E-state index contributed by atoms with van der Waals surface area (Å²) in [5, 5.41) is 0. The fourth-order valence-corrected chi connectivity index (χ4v) is 2.22. The molecule has 0 amide bonds. The number of anilines is 1. The molecule has 1 aromatic rings. The van der Waals surface area contributed by atoms with Crippen LogP contribution in [0, 0.1) is 6.92 Å². The lowest BCUT2D eigenvalue weighted by Gasteiger charge is -2.36. The van der Waals surface area contributed by atoms with E-state index in [9.17, 15) is 0 Å². The Kier molecular flexibility index (Phi) is 3.44. The third kappa shape index (κ3) is 2.53. The standard InChI is InChI=1S/C13H18N2S/c1-11-3-5-13(6-4-11)15-9-7-14(8-10-15)12(2)16/h3-6H,7-10H2,1-2H3. The summed E-state index contributed by atoms with van der Waals surface area (Å²) in [4.78, 5) is 5.72. The molecular weight excluding hydrogens is 216 g/mol. The molecule has 2 nitrogen and oxygen atoms in total. The van der Waals surface area contributed by atoms with Crippen LogP contribution in [0.2, 0.25) is 0 Å². The molecule has 0 aliphatic carbocycles. The normalized spacial score (nSPS) is 16.4. The summed E-state index contributed by atoms with van der Waals surface area (Å²) >= 11 is 5.20. The van der Waals surface area contributed by atoms with E-state index in [1.165, 1.54) is 11.3 Å². The summed E-state index contributed by atoms with van der Waals surface area (Å²) in [6.07, 6.45) is 0. The molecule has 0 radical (unpaired) electrons. The number of hydrogen-bond donors (Lipinski definition) is 0. The first-order valence-electron chi connectivity index (χ1n) is 5.74. The number of benzene rings is 1. The van der Waals surface area contributed by atoms with Crippen molar-refractivity contribution in [2.75, 3.05) is 31.1 Å². The van der Waals surface area contributed by atoms with Gasteiger partial charge in [0.2, 0.25) is 0 Å². The SMILES string of the molecule is CC(=S)N1CCN(c2ccc(C)cc2)CC1. The molecule has 0 spiro atoms. The van der Waals surface area contributed by atoms with E-state index in [4.69, 9.17) is 12.2 Å². The van der Waals surface area contributed by atoms with Crippen LogP contribution in [-0.2, 0) is 0 Å². The van der Waals surface area contributed by atoms with Crippen LogP contribution in [0.4, 0.5) is 5.69 Å². The molecule has 1 aliphatic heterocycles. The molecule has 1 aliphatic rings. The van der Waals surface area contributed by atoms with Gasteiger partial charge in [0.15, 0.2) is 0 Å². The summed E-state index contributed by atoms with van der Waals surface area (Å²) in [5.41, 5.74) is 2.64. The second-order valence-corrected chi connectivity index (χ2v) is 4.92. The lowest BCUT2D eigenvalue weighted by Crippen LogP contribution is -2.47. The van der Waals surface area contributed by atoms with Gasteiger partial charge in [-0.15, -0.1) is 0 Å². The monoisotopic (exact) mass is 234 g/mol. The van der Waals surface area contributed by atoms with Crippen LogP contribution >= 0.6 is 12.2 Å². The molecule has 1 aromatic carbocycles. The predicted octanol–water partition coefficient (Wildman–Crippen LogP) is 2.46. The maximum absolute atomic E-state index is 5.20. The van der Waals surface area contributed by atoms with Crippen LogP contribution in [0.25, 0.3) is 0 Å². The topological polar surface area (TPSA) is 6.48 Å². The average Bonchev–Trinajstić information content (AvgIpc) is 2.30. The van der Waals surface area contributed by atoms with Gasteiger partial charge in [-0.25, -0.2) is 0 Å². The summed E-state index contributed by atoms with van der Waals surface area (Å²) in [5.74, 6) is 0. The fourth-order valence-electron chi connectivity index (χ4n) is 2.04. The highest BCUT2D eigenvalue weighted by atomic mass is 32.1. The van der Waals surface area contributed by atoms with Crippen molar-refractivity contribution in [1.82, 2.24) is 4.90 Å². The zero-order chi connectivity index (χ0) is 11.5. The van der Waals surface area contributed by atoms with Gasteiger partial charge >= 0.3 is 0 Å². The van der Waals surface area contributed by atoms with E-state index in [1.807, 2.05) is 6.92 Å². The van der Waals surface area contributed by atoms with Gasteiger partial charge in [0, 0.05) is 31.9 Å². The van der Waals surface area contributed by atoms with Gasteiger partial charge in [0.1, 0.15) is 0 Å². The Labute approximate surface area is 103 Å². The highest BCUT2D eigenvalue weighted by Gasteiger charge is 2.16. The Hall–Kier alpha value is -1.09. The maximum Gasteiger partial charge on any atom is 0.0749 e. The van der Waals surface area contributed by atoms with Crippen molar-refractivity contribution in [3.8, 4) is 0 Å². The summed E-state index contributed by atoms with van der Waals surface area (Å²) in [7, 11) is 0. The Morgan fingerprint density at radius 1 is 1.06 bits per heavy atom. The Morgan fingerprint density at radius 2 is 1.62 bits per heavy atom. The van der Waals surface area contributed by atoms with Crippen LogP contribution in [0.1, 0.15) is 12.5 Å². The first-order chi connectivity index (χ1) is 7.66. The van der Waals surface area contributed by atoms with Gasteiger partial charge < -0.3 is 9.80 Å². The maximum atomic E-state index is 5.20. The molecule has 0 bridgehead atoms. The average molecular weight is 234 g/mol. The van der Waals surface area contributed by atoms with Crippen molar-refractivity contribution < 1.29 is 0 Å². The van der Waals surface area contributed by atoms with Gasteiger partial charge in [0.05, 0.1) is 4.99 Å². The van der Waals surface area contributed by atoms with Gasteiger partial charge in [0.25, 0.3) is 0 Å². The van der Waals surface area contributed by atoms with Gasteiger partial charge in [-0.3, -0.25) is 0 Å². The number of rotatable bonds is 1.